The summed E-state index contributed by atoms with van der Waals surface area (Å²) in [4.78, 5) is 25.7. The third kappa shape index (κ3) is 4.87. The van der Waals surface area contributed by atoms with Gasteiger partial charge in [0.15, 0.2) is 0 Å². The Morgan fingerprint density at radius 2 is 2.00 bits per heavy atom. The van der Waals surface area contributed by atoms with E-state index < -0.39 is 0 Å². The minimum Gasteiger partial charge on any atom is -0.356 e. The number of nitrogens with one attached hydrogen (secondary N) is 1. The van der Waals surface area contributed by atoms with Crippen LogP contribution in [-0.4, -0.2) is 31.4 Å². The van der Waals surface area contributed by atoms with Gasteiger partial charge >= 0.3 is 0 Å². The summed E-state index contributed by atoms with van der Waals surface area (Å²) in [6.07, 6.45) is 2.01. The number of hydrogen-bond donors (Lipinski definition) is 2. The smallest absolute Gasteiger partial charge is 0.227 e. The van der Waals surface area contributed by atoms with E-state index in [4.69, 9.17) is 17.3 Å². The highest BCUT2D eigenvalue weighted by atomic mass is 35.5. The zero-order chi connectivity index (χ0) is 15.2. The average Bonchev–Trinajstić information content (AvgIpc) is 2.86. The number of carbonyl (C=O) groups excluding carboxylic acids is 2. The molecule has 1 unspecified atom stereocenters. The number of hydrogen-bond acceptors (Lipinski definition) is 3. The quantitative estimate of drug-likeness (QED) is 0.774. The summed E-state index contributed by atoms with van der Waals surface area (Å²) in [6.45, 7) is 1.66. The highest BCUT2D eigenvalue weighted by molar-refractivity contribution is 6.30. The number of rotatable bonds is 6. The van der Waals surface area contributed by atoms with Crippen molar-refractivity contribution in [2.45, 2.75) is 19.3 Å². The fraction of sp³-hybridized carbons (Fsp3) is 0.467. The van der Waals surface area contributed by atoms with Gasteiger partial charge in [0, 0.05) is 30.2 Å². The maximum atomic E-state index is 12.0. The van der Waals surface area contributed by atoms with Gasteiger partial charge in [0.25, 0.3) is 0 Å². The van der Waals surface area contributed by atoms with E-state index in [0.29, 0.717) is 24.7 Å². The van der Waals surface area contributed by atoms with E-state index in [1.54, 1.807) is 29.2 Å². The Balaban J connectivity index is 0.00000242. The molecule has 1 fully saturated rings. The SMILES string of the molecule is Cl.NCCCCNC(=O)C1CC(=O)N(c2ccc(Cl)cc2)C1. The number of unbranched alkanes of at least 4 members (excludes halogenated alkanes) is 1. The highest BCUT2D eigenvalue weighted by Gasteiger charge is 2.34. The molecule has 1 saturated heterocycles. The van der Waals surface area contributed by atoms with Crippen LogP contribution in [0.4, 0.5) is 5.69 Å². The van der Waals surface area contributed by atoms with E-state index in [1.165, 1.54) is 0 Å². The number of halogens is 2. The van der Waals surface area contributed by atoms with Crippen LogP contribution >= 0.6 is 24.0 Å². The lowest BCUT2D eigenvalue weighted by atomic mass is 10.1. The molecule has 5 nitrogen and oxygen atoms in total. The van der Waals surface area contributed by atoms with Crippen molar-refractivity contribution >= 4 is 41.5 Å². The minimum absolute atomic E-state index is 0. The van der Waals surface area contributed by atoms with Crippen molar-refractivity contribution < 1.29 is 9.59 Å². The molecule has 0 aliphatic carbocycles. The van der Waals surface area contributed by atoms with E-state index in [0.717, 1.165) is 18.5 Å². The highest BCUT2D eigenvalue weighted by Crippen LogP contribution is 2.26. The maximum Gasteiger partial charge on any atom is 0.227 e. The number of carbonyl (C=O) groups is 2. The largest absolute Gasteiger partial charge is 0.356 e. The summed E-state index contributed by atoms with van der Waals surface area (Å²) in [5, 5.41) is 3.49. The number of benzene rings is 1. The van der Waals surface area contributed by atoms with Gasteiger partial charge in [-0.2, -0.15) is 0 Å². The topological polar surface area (TPSA) is 75.4 Å². The number of amides is 2. The molecule has 1 aliphatic heterocycles. The van der Waals surface area contributed by atoms with Gasteiger partial charge in [0.2, 0.25) is 11.8 Å². The Kier molecular flexibility index (Phi) is 7.65. The molecule has 1 aliphatic rings. The molecule has 1 heterocycles. The van der Waals surface area contributed by atoms with E-state index in [9.17, 15) is 9.59 Å². The molecule has 1 atom stereocenters. The Labute approximate surface area is 141 Å². The molecular weight excluding hydrogens is 325 g/mol. The summed E-state index contributed by atoms with van der Waals surface area (Å²) in [5.41, 5.74) is 6.19. The molecule has 2 rings (SSSR count). The van der Waals surface area contributed by atoms with Gasteiger partial charge in [-0.15, -0.1) is 12.4 Å². The van der Waals surface area contributed by atoms with Crippen molar-refractivity contribution in [2.75, 3.05) is 24.5 Å². The van der Waals surface area contributed by atoms with Crippen LogP contribution in [0.2, 0.25) is 5.02 Å². The van der Waals surface area contributed by atoms with Crippen LogP contribution in [0.3, 0.4) is 0 Å². The van der Waals surface area contributed by atoms with E-state index in [-0.39, 0.29) is 36.6 Å². The molecule has 0 saturated carbocycles. The molecule has 22 heavy (non-hydrogen) atoms. The lowest BCUT2D eigenvalue weighted by molar-refractivity contribution is -0.126. The Morgan fingerprint density at radius 3 is 2.64 bits per heavy atom. The van der Waals surface area contributed by atoms with E-state index in [1.807, 2.05) is 0 Å². The molecule has 0 bridgehead atoms. The van der Waals surface area contributed by atoms with Crippen LogP contribution in [-0.2, 0) is 9.59 Å². The third-order valence-electron chi connectivity index (χ3n) is 3.56. The number of nitrogens with zero attached hydrogens (tertiary/aromatic N) is 1. The fourth-order valence-electron chi connectivity index (χ4n) is 2.38. The van der Waals surface area contributed by atoms with Crippen LogP contribution in [0.1, 0.15) is 19.3 Å². The molecule has 0 spiro atoms. The second-order valence-electron chi connectivity index (χ2n) is 5.17. The summed E-state index contributed by atoms with van der Waals surface area (Å²) in [5.74, 6) is -0.373. The molecule has 3 N–H and O–H groups in total. The fourth-order valence-corrected chi connectivity index (χ4v) is 2.51. The lowest BCUT2D eigenvalue weighted by Gasteiger charge is -2.16. The minimum atomic E-state index is -0.286. The summed E-state index contributed by atoms with van der Waals surface area (Å²) in [7, 11) is 0. The van der Waals surface area contributed by atoms with Gasteiger partial charge in [-0.25, -0.2) is 0 Å². The summed E-state index contributed by atoms with van der Waals surface area (Å²) < 4.78 is 0. The van der Waals surface area contributed by atoms with Crippen molar-refractivity contribution in [3.63, 3.8) is 0 Å². The van der Waals surface area contributed by atoms with Crippen LogP contribution < -0.4 is 16.0 Å². The zero-order valence-corrected chi connectivity index (χ0v) is 13.8. The zero-order valence-electron chi connectivity index (χ0n) is 12.3. The van der Waals surface area contributed by atoms with Crippen LogP contribution in [0.15, 0.2) is 24.3 Å². The van der Waals surface area contributed by atoms with Crippen molar-refractivity contribution in [2.24, 2.45) is 11.7 Å². The predicted molar refractivity (Wildman–Crippen MR) is 90.5 cm³/mol. The molecule has 0 radical (unpaired) electrons. The Morgan fingerprint density at radius 1 is 1.32 bits per heavy atom. The normalized spacial score (nSPS) is 17.3. The predicted octanol–water partition coefficient (Wildman–Crippen LogP) is 1.97. The first-order valence-electron chi connectivity index (χ1n) is 7.15. The van der Waals surface area contributed by atoms with Gasteiger partial charge in [-0.3, -0.25) is 9.59 Å². The second-order valence-corrected chi connectivity index (χ2v) is 5.61. The first-order valence-corrected chi connectivity index (χ1v) is 7.53. The van der Waals surface area contributed by atoms with Crippen LogP contribution in [0.5, 0.6) is 0 Å². The van der Waals surface area contributed by atoms with Gasteiger partial charge in [-0.1, -0.05) is 11.6 Å². The average molecular weight is 346 g/mol. The van der Waals surface area contributed by atoms with Crippen LogP contribution in [0, 0.1) is 5.92 Å². The molecule has 7 heteroatoms. The summed E-state index contributed by atoms with van der Waals surface area (Å²) >= 11 is 5.84. The van der Waals surface area contributed by atoms with Crippen molar-refractivity contribution in [1.29, 1.82) is 0 Å². The Bertz CT molecular complexity index is 508. The van der Waals surface area contributed by atoms with E-state index in [2.05, 4.69) is 5.32 Å². The molecule has 1 aromatic rings. The molecule has 2 amide bonds. The molecule has 0 aromatic heterocycles. The molecule has 1 aromatic carbocycles. The van der Waals surface area contributed by atoms with Gasteiger partial charge < -0.3 is 16.0 Å². The lowest BCUT2D eigenvalue weighted by Crippen LogP contribution is -2.33. The van der Waals surface area contributed by atoms with Crippen molar-refractivity contribution in [3.05, 3.63) is 29.3 Å². The van der Waals surface area contributed by atoms with Gasteiger partial charge in [0.05, 0.1) is 5.92 Å². The van der Waals surface area contributed by atoms with E-state index >= 15 is 0 Å². The Hall–Kier alpha value is -1.30. The maximum absolute atomic E-state index is 12.0. The van der Waals surface area contributed by atoms with Crippen molar-refractivity contribution in [1.82, 2.24) is 5.32 Å². The monoisotopic (exact) mass is 345 g/mol. The summed E-state index contributed by atoms with van der Waals surface area (Å²) in [6, 6.07) is 7.07. The van der Waals surface area contributed by atoms with Crippen LogP contribution in [0.25, 0.3) is 0 Å². The standard InChI is InChI=1S/C15H20ClN3O2.ClH/c16-12-3-5-13(6-4-12)19-10-11(9-14(19)20)15(21)18-8-2-1-7-17;/h3-6,11H,1-2,7-10,17H2,(H,18,21);1H. The third-order valence-corrected chi connectivity index (χ3v) is 3.82. The second kappa shape index (κ2) is 8.98. The molecular formula is C15H21Cl2N3O2. The first-order chi connectivity index (χ1) is 10.1. The number of nitrogens with two attached hydrogens (primary N) is 1. The van der Waals surface area contributed by atoms with Gasteiger partial charge in [0.1, 0.15) is 0 Å². The molecule has 122 valence electrons. The number of anilines is 1. The van der Waals surface area contributed by atoms with Gasteiger partial charge in [-0.05, 0) is 43.7 Å². The first kappa shape index (κ1) is 18.7. The van der Waals surface area contributed by atoms with Crippen molar-refractivity contribution in [3.8, 4) is 0 Å².